The van der Waals surface area contributed by atoms with Crippen LogP contribution < -0.4 is 4.74 Å². The minimum Gasteiger partial charge on any atom is -0.497 e. The van der Waals surface area contributed by atoms with Gasteiger partial charge in [0.1, 0.15) is 11.4 Å². The molecule has 0 N–H and O–H groups in total. The molecule has 0 aliphatic carbocycles. The van der Waals surface area contributed by atoms with Gasteiger partial charge in [-0.15, -0.1) is 0 Å². The van der Waals surface area contributed by atoms with Crippen molar-refractivity contribution in [1.82, 2.24) is 9.80 Å². The average molecular weight is 439 g/mol. The second-order valence-corrected chi connectivity index (χ2v) is 7.42. The Hall–Kier alpha value is -3.16. The molecule has 2 aromatic rings. The summed E-state index contributed by atoms with van der Waals surface area (Å²) >= 11 is 0. The molecule has 2 amide bonds. The Labute approximate surface area is 189 Å². The molecule has 3 rings (SSSR count). The van der Waals surface area contributed by atoms with Gasteiger partial charge in [0.05, 0.1) is 25.9 Å². The van der Waals surface area contributed by atoms with Gasteiger partial charge in [0.15, 0.2) is 0 Å². The summed E-state index contributed by atoms with van der Waals surface area (Å²) in [6.07, 6.45) is 0.595. The lowest BCUT2D eigenvalue weighted by molar-refractivity contribution is -0.137. The Bertz CT molecular complexity index is 933. The molecule has 0 radical (unpaired) electrons. The van der Waals surface area contributed by atoms with E-state index < -0.39 is 0 Å². The number of hydrogen-bond acceptors (Lipinski definition) is 6. The van der Waals surface area contributed by atoms with E-state index in [9.17, 15) is 9.59 Å². The highest BCUT2D eigenvalue weighted by molar-refractivity contribution is 6.35. The van der Waals surface area contributed by atoms with Gasteiger partial charge in [0.2, 0.25) is 0 Å². The zero-order valence-corrected chi connectivity index (χ0v) is 18.9. The van der Waals surface area contributed by atoms with Crippen molar-refractivity contribution in [2.75, 3.05) is 54.2 Å². The monoisotopic (exact) mass is 438 g/mol. The summed E-state index contributed by atoms with van der Waals surface area (Å²) in [5.41, 5.74) is 2.55. The molecule has 1 aliphatic heterocycles. The molecule has 0 fully saturated rings. The van der Waals surface area contributed by atoms with Crippen LogP contribution in [0.1, 0.15) is 11.1 Å². The maximum Gasteiger partial charge on any atom is 0.277 e. The highest BCUT2D eigenvalue weighted by Crippen LogP contribution is 2.32. The van der Waals surface area contributed by atoms with Gasteiger partial charge < -0.3 is 19.1 Å². The summed E-state index contributed by atoms with van der Waals surface area (Å²) in [6, 6.07) is 17.0. The van der Waals surface area contributed by atoms with Gasteiger partial charge in [-0.1, -0.05) is 42.5 Å². The van der Waals surface area contributed by atoms with Crippen molar-refractivity contribution in [1.29, 1.82) is 0 Å². The van der Waals surface area contributed by atoms with E-state index in [4.69, 9.17) is 14.2 Å². The van der Waals surface area contributed by atoms with E-state index in [1.165, 1.54) is 4.90 Å². The van der Waals surface area contributed by atoms with E-state index in [-0.39, 0.29) is 11.8 Å². The highest BCUT2D eigenvalue weighted by Gasteiger charge is 2.41. The van der Waals surface area contributed by atoms with Crippen molar-refractivity contribution < 1.29 is 23.8 Å². The van der Waals surface area contributed by atoms with Gasteiger partial charge in [-0.25, -0.2) is 0 Å². The number of imide groups is 1. The van der Waals surface area contributed by atoms with E-state index in [0.29, 0.717) is 61.9 Å². The largest absolute Gasteiger partial charge is 0.497 e. The van der Waals surface area contributed by atoms with Crippen LogP contribution in [0.15, 0.2) is 60.3 Å². The first kappa shape index (κ1) is 23.5. The number of amides is 2. The maximum atomic E-state index is 13.5. The Morgan fingerprint density at radius 2 is 1.44 bits per heavy atom. The Kier molecular flexibility index (Phi) is 8.41. The number of nitrogens with zero attached hydrogens (tertiary/aromatic N) is 2. The van der Waals surface area contributed by atoms with Crippen LogP contribution in [0.4, 0.5) is 0 Å². The summed E-state index contributed by atoms with van der Waals surface area (Å²) in [7, 11) is 4.81. The smallest absolute Gasteiger partial charge is 0.277 e. The predicted molar refractivity (Wildman–Crippen MR) is 122 cm³/mol. The number of carbonyl (C=O) groups excluding carboxylic acids is 2. The summed E-state index contributed by atoms with van der Waals surface area (Å²) in [5.74, 6) is 0.110. The first-order valence-electron chi connectivity index (χ1n) is 10.6. The van der Waals surface area contributed by atoms with Crippen LogP contribution in [-0.2, 0) is 25.5 Å². The lowest BCUT2D eigenvalue weighted by Crippen LogP contribution is -2.38. The Morgan fingerprint density at radius 3 is 2.00 bits per heavy atom. The number of methoxy groups -OCH3 is 3. The van der Waals surface area contributed by atoms with Crippen LogP contribution in [0.3, 0.4) is 0 Å². The quantitative estimate of drug-likeness (QED) is 0.475. The van der Waals surface area contributed by atoms with Crippen LogP contribution in [0.2, 0.25) is 0 Å². The third-order valence-electron chi connectivity index (χ3n) is 5.44. The highest BCUT2D eigenvalue weighted by atomic mass is 16.5. The Balaban J connectivity index is 1.96. The second kappa shape index (κ2) is 11.5. The molecular weight excluding hydrogens is 408 g/mol. The fraction of sp³-hybridized carbons (Fsp3) is 0.360. The summed E-state index contributed by atoms with van der Waals surface area (Å²) in [4.78, 5) is 30.2. The normalized spacial score (nSPS) is 13.8. The molecule has 32 heavy (non-hydrogen) atoms. The molecule has 1 heterocycles. The molecule has 0 spiro atoms. The van der Waals surface area contributed by atoms with Crippen molar-refractivity contribution >= 4 is 17.4 Å². The van der Waals surface area contributed by atoms with Crippen LogP contribution >= 0.6 is 0 Å². The minimum absolute atomic E-state index is 0.286. The SMILES string of the molecule is COCCN(CCOC)C1=C(c2ccc(OC)cc2)C(=O)N(CCc2ccccc2)C1=O. The van der Waals surface area contributed by atoms with Crippen molar-refractivity contribution in [3.63, 3.8) is 0 Å². The van der Waals surface area contributed by atoms with Gasteiger partial charge in [0, 0.05) is 33.9 Å². The van der Waals surface area contributed by atoms with Crippen molar-refractivity contribution in [2.45, 2.75) is 6.42 Å². The molecular formula is C25H30N2O5. The number of rotatable bonds is 12. The Morgan fingerprint density at radius 1 is 0.812 bits per heavy atom. The van der Waals surface area contributed by atoms with Crippen molar-refractivity contribution in [3.05, 3.63) is 71.4 Å². The van der Waals surface area contributed by atoms with Crippen molar-refractivity contribution in [2.24, 2.45) is 0 Å². The third kappa shape index (κ3) is 5.36. The van der Waals surface area contributed by atoms with Crippen molar-refractivity contribution in [3.8, 4) is 5.75 Å². The summed E-state index contributed by atoms with van der Waals surface area (Å²) in [6.45, 7) is 2.11. The molecule has 7 heteroatoms. The minimum atomic E-state index is -0.288. The van der Waals surface area contributed by atoms with E-state index in [1.54, 1.807) is 33.5 Å². The van der Waals surface area contributed by atoms with Gasteiger partial charge in [0.25, 0.3) is 11.8 Å². The van der Waals surface area contributed by atoms with E-state index >= 15 is 0 Å². The van der Waals surface area contributed by atoms with E-state index in [1.807, 2.05) is 47.4 Å². The van der Waals surface area contributed by atoms with E-state index in [2.05, 4.69) is 0 Å². The molecule has 0 aromatic heterocycles. The fourth-order valence-corrected chi connectivity index (χ4v) is 3.70. The predicted octanol–water partition coefficient (Wildman–Crippen LogP) is 2.61. The topological polar surface area (TPSA) is 68.3 Å². The number of ether oxygens (including phenoxy) is 3. The fourth-order valence-electron chi connectivity index (χ4n) is 3.70. The standard InChI is InChI=1S/C25H30N2O5/c1-30-17-15-26(16-18-31-2)23-22(20-9-11-21(32-3)12-10-20)24(28)27(25(23)29)14-13-19-7-5-4-6-8-19/h4-12H,13-18H2,1-3H3. The van der Waals surface area contributed by atoms with Crippen LogP contribution in [0, 0.1) is 0 Å². The van der Waals surface area contributed by atoms with Gasteiger partial charge >= 0.3 is 0 Å². The first-order chi connectivity index (χ1) is 15.6. The lowest BCUT2D eigenvalue weighted by atomic mass is 10.0. The molecule has 170 valence electrons. The third-order valence-corrected chi connectivity index (χ3v) is 5.44. The van der Waals surface area contributed by atoms with Gasteiger partial charge in [-0.05, 0) is 29.7 Å². The number of carbonyl (C=O) groups is 2. The molecule has 1 aliphatic rings. The summed E-state index contributed by atoms with van der Waals surface area (Å²) in [5, 5.41) is 0. The lowest BCUT2D eigenvalue weighted by Gasteiger charge is -2.25. The van der Waals surface area contributed by atoms with Gasteiger partial charge in [-0.3, -0.25) is 14.5 Å². The number of benzene rings is 2. The van der Waals surface area contributed by atoms with E-state index in [0.717, 1.165) is 5.56 Å². The summed E-state index contributed by atoms with van der Waals surface area (Å²) < 4.78 is 15.7. The second-order valence-electron chi connectivity index (χ2n) is 7.42. The molecule has 0 atom stereocenters. The zero-order chi connectivity index (χ0) is 22.9. The van der Waals surface area contributed by atoms with Gasteiger partial charge in [-0.2, -0.15) is 0 Å². The van der Waals surface area contributed by atoms with Crippen LogP contribution in [0.25, 0.3) is 5.57 Å². The average Bonchev–Trinajstić information content (AvgIpc) is 3.08. The van der Waals surface area contributed by atoms with Crippen LogP contribution in [-0.4, -0.2) is 75.8 Å². The van der Waals surface area contributed by atoms with Crippen LogP contribution in [0.5, 0.6) is 5.75 Å². The molecule has 0 saturated carbocycles. The first-order valence-corrected chi connectivity index (χ1v) is 10.6. The number of hydrogen-bond donors (Lipinski definition) is 0. The molecule has 0 unspecified atom stereocenters. The maximum absolute atomic E-state index is 13.5. The molecule has 0 bridgehead atoms. The molecule has 2 aromatic carbocycles. The molecule has 7 nitrogen and oxygen atoms in total. The zero-order valence-electron chi connectivity index (χ0n) is 18.9. The molecule has 0 saturated heterocycles.